The van der Waals surface area contributed by atoms with Crippen molar-refractivity contribution >= 4 is 11.9 Å². The maximum Gasteiger partial charge on any atom is 0.0919 e. The van der Waals surface area contributed by atoms with Crippen molar-refractivity contribution in [1.82, 2.24) is 0 Å². The van der Waals surface area contributed by atoms with Crippen LogP contribution in [0.5, 0.6) is 0 Å². The van der Waals surface area contributed by atoms with Gasteiger partial charge in [0.1, 0.15) is 0 Å². The summed E-state index contributed by atoms with van der Waals surface area (Å²) in [5, 5.41) is 7.52. The zero-order valence-corrected chi connectivity index (χ0v) is 8.00. The van der Waals surface area contributed by atoms with Gasteiger partial charge in [0.15, 0.2) is 0 Å². The van der Waals surface area contributed by atoms with Gasteiger partial charge in [-0.05, 0) is 31.8 Å². The highest BCUT2D eigenvalue weighted by molar-refractivity contribution is 5.97. The zero-order valence-electron chi connectivity index (χ0n) is 8.00. The van der Waals surface area contributed by atoms with Gasteiger partial charge in [-0.3, -0.25) is 4.99 Å². The van der Waals surface area contributed by atoms with Crippen LogP contribution in [-0.2, 0) is 4.74 Å². The Bertz CT molecular complexity index is 306. The smallest absolute Gasteiger partial charge is 0.0919 e. The van der Waals surface area contributed by atoms with E-state index in [4.69, 9.17) is 10.1 Å². The number of ether oxygens (including phenoxy) is 1. The van der Waals surface area contributed by atoms with Crippen LogP contribution >= 0.6 is 0 Å². The molecule has 2 atom stereocenters. The van der Waals surface area contributed by atoms with E-state index in [2.05, 4.69) is 4.99 Å². The van der Waals surface area contributed by atoms with Gasteiger partial charge in [-0.1, -0.05) is 0 Å². The summed E-state index contributed by atoms with van der Waals surface area (Å²) in [4.78, 5) is 4.23. The van der Waals surface area contributed by atoms with Gasteiger partial charge in [-0.25, -0.2) is 0 Å². The number of rotatable bonds is 2. The number of hydrogen-bond acceptors (Lipinski definition) is 3. The number of nitrogens with one attached hydrogen (secondary N) is 1. The molecule has 1 fully saturated rings. The molecule has 0 spiro atoms. The molecular weight excluding hydrogens is 164 g/mol. The summed E-state index contributed by atoms with van der Waals surface area (Å²) < 4.78 is 5.46. The van der Waals surface area contributed by atoms with Crippen molar-refractivity contribution in [2.45, 2.75) is 25.4 Å². The van der Waals surface area contributed by atoms with Crippen molar-refractivity contribution in [3.8, 4) is 0 Å². The van der Waals surface area contributed by atoms with Crippen LogP contribution in [0.3, 0.4) is 0 Å². The first-order valence-corrected chi connectivity index (χ1v) is 4.54. The Balaban J connectivity index is 2.29. The number of nitrogens with zero attached hydrogens (tertiary/aromatic N) is 1. The Hall–Kier alpha value is -0.960. The van der Waals surface area contributed by atoms with E-state index in [0.29, 0.717) is 11.6 Å². The summed E-state index contributed by atoms with van der Waals surface area (Å²) in [5.74, 6) is 0.582. The number of aliphatic imine (C=N–C) groups is 1. The van der Waals surface area contributed by atoms with Crippen LogP contribution in [0, 0.1) is 11.3 Å². The molecule has 1 aliphatic heterocycles. The molecule has 2 aliphatic rings. The maximum atomic E-state index is 7.52. The first-order valence-electron chi connectivity index (χ1n) is 4.54. The predicted octanol–water partition coefficient (Wildman–Crippen LogP) is 1.79. The van der Waals surface area contributed by atoms with E-state index < -0.39 is 0 Å². The topological polar surface area (TPSA) is 45.4 Å². The molecule has 0 aromatic rings. The summed E-state index contributed by atoms with van der Waals surface area (Å²) in [5.41, 5.74) is 1.18. The Morgan fingerprint density at radius 1 is 1.77 bits per heavy atom. The molecule has 1 aliphatic carbocycles. The van der Waals surface area contributed by atoms with Crippen LogP contribution < -0.4 is 0 Å². The molecule has 70 valence electrons. The van der Waals surface area contributed by atoms with Gasteiger partial charge in [-0.15, -0.1) is 0 Å². The average Bonchev–Trinajstić information content (AvgIpc) is 2.75. The number of methoxy groups -OCH3 is 1. The standard InChI is InChI=1S/C10H14N2O/c1-7(11)9-6-10(13-2)5-8(10)3-4-12-9/h4,6,8,11H,3,5H2,1-2H3/t8?,10-/m1/s1. The minimum absolute atomic E-state index is 0.103. The molecule has 1 N–H and O–H groups in total. The molecule has 3 nitrogen and oxygen atoms in total. The second-order valence-electron chi connectivity index (χ2n) is 3.76. The van der Waals surface area contributed by atoms with Gasteiger partial charge in [0.25, 0.3) is 0 Å². The first kappa shape index (κ1) is 8.63. The van der Waals surface area contributed by atoms with E-state index in [0.717, 1.165) is 18.5 Å². The highest BCUT2D eigenvalue weighted by Crippen LogP contribution is 2.51. The van der Waals surface area contributed by atoms with Crippen molar-refractivity contribution in [3.63, 3.8) is 0 Å². The van der Waals surface area contributed by atoms with Crippen molar-refractivity contribution in [3.05, 3.63) is 11.8 Å². The molecule has 0 aromatic heterocycles. The fourth-order valence-corrected chi connectivity index (χ4v) is 1.85. The SMILES string of the molecule is CO[C@]12C=C(C(C)=N)N=CCC1C2. The maximum absolute atomic E-state index is 7.52. The molecule has 2 rings (SSSR count). The molecule has 0 aromatic carbocycles. The van der Waals surface area contributed by atoms with Crippen molar-refractivity contribution in [2.75, 3.05) is 7.11 Å². The van der Waals surface area contributed by atoms with Crippen LogP contribution in [-0.4, -0.2) is 24.6 Å². The molecule has 0 saturated heterocycles. The summed E-state index contributed by atoms with van der Waals surface area (Å²) >= 11 is 0. The minimum atomic E-state index is -0.103. The van der Waals surface area contributed by atoms with E-state index in [-0.39, 0.29) is 5.60 Å². The van der Waals surface area contributed by atoms with Crippen LogP contribution in [0.15, 0.2) is 16.8 Å². The second kappa shape index (κ2) is 2.77. The zero-order chi connectivity index (χ0) is 9.47. The van der Waals surface area contributed by atoms with E-state index >= 15 is 0 Å². The van der Waals surface area contributed by atoms with Gasteiger partial charge >= 0.3 is 0 Å². The Kier molecular flexibility index (Phi) is 1.84. The van der Waals surface area contributed by atoms with E-state index in [1.54, 1.807) is 14.0 Å². The van der Waals surface area contributed by atoms with Gasteiger partial charge in [0.05, 0.1) is 17.0 Å². The third kappa shape index (κ3) is 1.33. The fraction of sp³-hybridized carbons (Fsp3) is 0.600. The van der Waals surface area contributed by atoms with Crippen LogP contribution in [0.2, 0.25) is 0 Å². The molecule has 3 heteroatoms. The lowest BCUT2D eigenvalue weighted by molar-refractivity contribution is 0.107. The van der Waals surface area contributed by atoms with Crippen LogP contribution in [0.25, 0.3) is 0 Å². The lowest BCUT2D eigenvalue weighted by Gasteiger charge is -2.09. The Morgan fingerprint density at radius 2 is 2.54 bits per heavy atom. The Labute approximate surface area is 78.0 Å². The highest BCUT2D eigenvalue weighted by Gasteiger charge is 2.53. The lowest BCUT2D eigenvalue weighted by atomic mass is 10.1. The fourth-order valence-electron chi connectivity index (χ4n) is 1.85. The molecule has 1 unspecified atom stereocenters. The lowest BCUT2D eigenvalue weighted by Crippen LogP contribution is -2.12. The van der Waals surface area contributed by atoms with Crippen molar-refractivity contribution in [2.24, 2.45) is 10.9 Å². The highest BCUT2D eigenvalue weighted by atomic mass is 16.5. The summed E-state index contributed by atoms with van der Waals surface area (Å²) in [6, 6.07) is 0. The third-order valence-corrected chi connectivity index (χ3v) is 2.86. The first-order chi connectivity index (χ1) is 6.18. The molecule has 13 heavy (non-hydrogen) atoms. The van der Waals surface area contributed by atoms with Gasteiger partial charge in [-0.2, -0.15) is 0 Å². The summed E-state index contributed by atoms with van der Waals surface area (Å²) in [7, 11) is 1.73. The molecule has 1 saturated carbocycles. The molecule has 0 amide bonds. The average molecular weight is 178 g/mol. The molecular formula is C10H14N2O. The second-order valence-corrected chi connectivity index (χ2v) is 3.76. The van der Waals surface area contributed by atoms with Crippen LogP contribution in [0.4, 0.5) is 0 Å². The largest absolute Gasteiger partial charge is 0.374 e. The van der Waals surface area contributed by atoms with Crippen molar-refractivity contribution < 1.29 is 4.74 Å². The summed E-state index contributed by atoms with van der Waals surface area (Å²) in [6.07, 6.45) is 5.96. The monoisotopic (exact) mass is 178 g/mol. The normalized spacial score (nSPS) is 36.2. The predicted molar refractivity (Wildman–Crippen MR) is 52.4 cm³/mol. The minimum Gasteiger partial charge on any atom is -0.374 e. The molecule has 0 radical (unpaired) electrons. The van der Waals surface area contributed by atoms with Crippen molar-refractivity contribution in [1.29, 1.82) is 5.41 Å². The summed E-state index contributed by atoms with van der Waals surface area (Å²) in [6.45, 7) is 1.76. The molecule has 0 bridgehead atoms. The number of fused-ring (bicyclic) bond motifs is 1. The van der Waals surface area contributed by atoms with Crippen LogP contribution in [0.1, 0.15) is 19.8 Å². The van der Waals surface area contributed by atoms with E-state index in [1.165, 1.54) is 0 Å². The quantitative estimate of drug-likeness (QED) is 0.644. The molecule has 1 heterocycles. The van der Waals surface area contributed by atoms with E-state index in [1.807, 2.05) is 12.3 Å². The number of hydrogen-bond donors (Lipinski definition) is 1. The third-order valence-electron chi connectivity index (χ3n) is 2.86. The Morgan fingerprint density at radius 3 is 3.15 bits per heavy atom. The van der Waals surface area contributed by atoms with Gasteiger partial charge in [0, 0.05) is 13.3 Å². The van der Waals surface area contributed by atoms with Gasteiger partial charge in [0.2, 0.25) is 0 Å². The number of allylic oxidation sites excluding steroid dienone is 1. The van der Waals surface area contributed by atoms with Gasteiger partial charge < -0.3 is 10.1 Å². The van der Waals surface area contributed by atoms with E-state index in [9.17, 15) is 0 Å².